The van der Waals surface area contributed by atoms with Crippen molar-refractivity contribution in [3.63, 3.8) is 0 Å². The maximum absolute atomic E-state index is 12.2. The summed E-state index contributed by atoms with van der Waals surface area (Å²) in [5, 5.41) is 3.17. The van der Waals surface area contributed by atoms with Crippen molar-refractivity contribution in [3.05, 3.63) is 0 Å². The fraction of sp³-hybridized carbons (Fsp3) is 0.947. The molecule has 2 rings (SSSR count). The summed E-state index contributed by atoms with van der Waals surface area (Å²) in [6.45, 7) is 13.6. The Kier molecular flexibility index (Phi) is 7.84. The van der Waals surface area contributed by atoms with E-state index < -0.39 is 0 Å². The third-order valence-corrected chi connectivity index (χ3v) is 5.71. The third kappa shape index (κ3) is 6.42. The van der Waals surface area contributed by atoms with E-state index in [1.54, 1.807) is 0 Å². The molecule has 2 heterocycles. The van der Waals surface area contributed by atoms with E-state index in [-0.39, 0.29) is 5.92 Å². The molecule has 0 bridgehead atoms. The van der Waals surface area contributed by atoms with Crippen LogP contribution in [-0.2, 0) is 4.79 Å². The molecule has 0 spiro atoms. The van der Waals surface area contributed by atoms with Gasteiger partial charge in [0.2, 0.25) is 5.91 Å². The van der Waals surface area contributed by atoms with E-state index in [9.17, 15) is 4.79 Å². The van der Waals surface area contributed by atoms with Crippen molar-refractivity contribution in [2.45, 2.75) is 65.3 Å². The van der Waals surface area contributed by atoms with Crippen LogP contribution in [0.1, 0.15) is 59.3 Å². The van der Waals surface area contributed by atoms with Gasteiger partial charge in [-0.25, -0.2) is 0 Å². The first-order chi connectivity index (χ1) is 11.1. The monoisotopic (exact) mass is 323 g/mol. The SMILES string of the molecule is CC1CCN(CCCCNC(=O)C2CCN(C(C)C)CC2)CC1. The van der Waals surface area contributed by atoms with Crippen LogP contribution in [0.25, 0.3) is 0 Å². The van der Waals surface area contributed by atoms with Gasteiger partial charge in [0.05, 0.1) is 0 Å². The molecule has 4 nitrogen and oxygen atoms in total. The quantitative estimate of drug-likeness (QED) is 0.732. The number of nitrogens with one attached hydrogen (secondary N) is 1. The summed E-state index contributed by atoms with van der Waals surface area (Å²) in [6.07, 6.45) is 7.08. The van der Waals surface area contributed by atoms with E-state index in [0.717, 1.165) is 44.8 Å². The predicted octanol–water partition coefficient (Wildman–Crippen LogP) is 2.74. The molecule has 0 aromatic carbocycles. The van der Waals surface area contributed by atoms with Crippen molar-refractivity contribution in [3.8, 4) is 0 Å². The second-order valence-corrected chi connectivity index (χ2v) is 7.93. The van der Waals surface area contributed by atoms with Crippen molar-refractivity contribution in [2.75, 3.05) is 39.3 Å². The van der Waals surface area contributed by atoms with Crippen molar-refractivity contribution in [2.24, 2.45) is 11.8 Å². The minimum absolute atomic E-state index is 0.244. The van der Waals surface area contributed by atoms with Crippen molar-refractivity contribution >= 4 is 5.91 Å². The highest BCUT2D eigenvalue weighted by Crippen LogP contribution is 2.19. The number of nitrogens with zero attached hydrogens (tertiary/aromatic N) is 2. The molecule has 0 aromatic rings. The summed E-state index contributed by atoms with van der Waals surface area (Å²) < 4.78 is 0. The maximum Gasteiger partial charge on any atom is 0.223 e. The lowest BCUT2D eigenvalue weighted by molar-refractivity contribution is -0.126. The van der Waals surface area contributed by atoms with Crippen LogP contribution in [0.4, 0.5) is 0 Å². The highest BCUT2D eigenvalue weighted by atomic mass is 16.1. The van der Waals surface area contributed by atoms with Crippen LogP contribution in [-0.4, -0.2) is 61.0 Å². The Morgan fingerprint density at radius 3 is 2.30 bits per heavy atom. The standard InChI is InChI=1S/C19H37N3O/c1-16(2)22-14-8-18(9-15-22)19(23)20-10-4-5-11-21-12-6-17(3)7-13-21/h16-18H,4-15H2,1-3H3,(H,20,23). The van der Waals surface area contributed by atoms with Crippen LogP contribution in [0.15, 0.2) is 0 Å². The number of rotatable bonds is 7. The molecule has 134 valence electrons. The molecule has 0 aromatic heterocycles. The van der Waals surface area contributed by atoms with Gasteiger partial charge in [-0.2, -0.15) is 0 Å². The number of carbonyl (C=O) groups is 1. The number of unbranched alkanes of at least 4 members (excludes halogenated alkanes) is 1. The van der Waals surface area contributed by atoms with Crippen LogP contribution in [0.3, 0.4) is 0 Å². The third-order valence-electron chi connectivity index (χ3n) is 5.71. The van der Waals surface area contributed by atoms with E-state index in [0.29, 0.717) is 11.9 Å². The molecule has 1 N–H and O–H groups in total. The minimum atomic E-state index is 0.244. The molecule has 2 saturated heterocycles. The van der Waals surface area contributed by atoms with Gasteiger partial charge in [-0.15, -0.1) is 0 Å². The van der Waals surface area contributed by atoms with Gasteiger partial charge in [0, 0.05) is 18.5 Å². The Bertz CT molecular complexity index is 343. The Morgan fingerprint density at radius 1 is 1.04 bits per heavy atom. The predicted molar refractivity (Wildman–Crippen MR) is 96.5 cm³/mol. The Morgan fingerprint density at radius 2 is 1.70 bits per heavy atom. The fourth-order valence-electron chi connectivity index (χ4n) is 3.78. The topological polar surface area (TPSA) is 35.6 Å². The van der Waals surface area contributed by atoms with E-state index >= 15 is 0 Å². The summed E-state index contributed by atoms with van der Waals surface area (Å²) in [6, 6.07) is 0.608. The van der Waals surface area contributed by atoms with E-state index in [1.165, 1.54) is 38.9 Å². The lowest BCUT2D eigenvalue weighted by Crippen LogP contribution is -2.43. The highest BCUT2D eigenvalue weighted by molar-refractivity contribution is 5.78. The zero-order valence-corrected chi connectivity index (χ0v) is 15.5. The van der Waals surface area contributed by atoms with Crippen LogP contribution in [0, 0.1) is 11.8 Å². The van der Waals surface area contributed by atoms with E-state index in [4.69, 9.17) is 0 Å². The molecule has 4 heteroatoms. The summed E-state index contributed by atoms with van der Waals surface area (Å²) >= 11 is 0. The average molecular weight is 324 g/mol. The molecule has 0 atom stereocenters. The summed E-state index contributed by atoms with van der Waals surface area (Å²) in [5.74, 6) is 1.45. The molecule has 23 heavy (non-hydrogen) atoms. The minimum Gasteiger partial charge on any atom is -0.356 e. The van der Waals surface area contributed by atoms with Gasteiger partial charge in [0.15, 0.2) is 0 Å². The molecule has 2 aliphatic rings. The average Bonchev–Trinajstić information content (AvgIpc) is 2.56. The Labute approximate surface area is 143 Å². The van der Waals surface area contributed by atoms with Gasteiger partial charge in [-0.3, -0.25) is 4.79 Å². The summed E-state index contributed by atoms with van der Waals surface area (Å²) in [7, 11) is 0. The number of amides is 1. The van der Waals surface area contributed by atoms with Gasteiger partial charge in [0.1, 0.15) is 0 Å². The summed E-state index contributed by atoms with van der Waals surface area (Å²) in [5.41, 5.74) is 0. The zero-order valence-electron chi connectivity index (χ0n) is 15.5. The Balaban J connectivity index is 1.50. The van der Waals surface area contributed by atoms with Crippen molar-refractivity contribution < 1.29 is 4.79 Å². The van der Waals surface area contributed by atoms with Gasteiger partial charge in [-0.1, -0.05) is 6.92 Å². The number of piperidine rings is 2. The van der Waals surface area contributed by atoms with E-state index in [2.05, 4.69) is 35.9 Å². The van der Waals surface area contributed by atoms with Gasteiger partial charge in [-0.05, 0) is 91.0 Å². The first-order valence-electron chi connectivity index (χ1n) is 9.80. The van der Waals surface area contributed by atoms with Crippen LogP contribution >= 0.6 is 0 Å². The fourth-order valence-corrected chi connectivity index (χ4v) is 3.78. The second-order valence-electron chi connectivity index (χ2n) is 7.93. The molecule has 0 unspecified atom stereocenters. The van der Waals surface area contributed by atoms with Gasteiger partial charge < -0.3 is 15.1 Å². The number of hydrogen-bond acceptors (Lipinski definition) is 3. The normalized spacial score (nSPS) is 22.6. The van der Waals surface area contributed by atoms with E-state index in [1.807, 2.05) is 0 Å². The number of likely N-dealkylation sites (tertiary alicyclic amines) is 2. The van der Waals surface area contributed by atoms with Crippen LogP contribution in [0.5, 0.6) is 0 Å². The lowest BCUT2D eigenvalue weighted by atomic mass is 9.95. The molecule has 0 radical (unpaired) electrons. The molecule has 0 saturated carbocycles. The first kappa shape index (κ1) is 18.7. The lowest BCUT2D eigenvalue weighted by Gasteiger charge is -2.34. The van der Waals surface area contributed by atoms with Crippen LogP contribution in [0.2, 0.25) is 0 Å². The van der Waals surface area contributed by atoms with Crippen LogP contribution < -0.4 is 5.32 Å². The van der Waals surface area contributed by atoms with Crippen molar-refractivity contribution in [1.82, 2.24) is 15.1 Å². The Hall–Kier alpha value is -0.610. The first-order valence-corrected chi connectivity index (χ1v) is 9.80. The second kappa shape index (κ2) is 9.63. The summed E-state index contributed by atoms with van der Waals surface area (Å²) in [4.78, 5) is 17.3. The van der Waals surface area contributed by atoms with Gasteiger partial charge >= 0.3 is 0 Å². The van der Waals surface area contributed by atoms with Crippen molar-refractivity contribution in [1.29, 1.82) is 0 Å². The number of carbonyl (C=O) groups excluding carboxylic acids is 1. The molecule has 1 amide bonds. The molecular weight excluding hydrogens is 286 g/mol. The smallest absolute Gasteiger partial charge is 0.223 e. The zero-order chi connectivity index (χ0) is 16.7. The molecule has 2 fully saturated rings. The largest absolute Gasteiger partial charge is 0.356 e. The van der Waals surface area contributed by atoms with Gasteiger partial charge in [0.25, 0.3) is 0 Å². The highest BCUT2D eigenvalue weighted by Gasteiger charge is 2.25. The molecule has 0 aliphatic carbocycles. The molecular formula is C19H37N3O. The maximum atomic E-state index is 12.2. The number of hydrogen-bond donors (Lipinski definition) is 1. The molecule has 2 aliphatic heterocycles.